The number of hydrogen-bond acceptors (Lipinski definition) is 6. The third kappa shape index (κ3) is 3.09. The van der Waals surface area contributed by atoms with Gasteiger partial charge in [-0.2, -0.15) is 0 Å². The van der Waals surface area contributed by atoms with Crippen LogP contribution in [0.3, 0.4) is 0 Å². The number of nitrogens with one attached hydrogen (secondary N) is 1. The van der Waals surface area contributed by atoms with Crippen molar-refractivity contribution in [3.8, 4) is 22.6 Å². The number of aliphatic hydroxyl groups is 1. The Morgan fingerprint density at radius 2 is 1.84 bits per heavy atom. The Balaban J connectivity index is 1.91. The van der Waals surface area contributed by atoms with E-state index in [9.17, 15) is 5.11 Å². The quantitative estimate of drug-likeness (QED) is 0.574. The van der Waals surface area contributed by atoms with Gasteiger partial charge in [-0.15, -0.1) is 11.3 Å². The van der Waals surface area contributed by atoms with Crippen molar-refractivity contribution >= 4 is 27.4 Å². The van der Waals surface area contributed by atoms with Gasteiger partial charge in [0.05, 0.1) is 12.0 Å². The molecule has 0 amide bonds. The molecule has 3 heterocycles. The molecule has 3 aromatic heterocycles. The fraction of sp³-hybridized carbons (Fsp3) is 0.105. The molecule has 1 aromatic carbocycles. The van der Waals surface area contributed by atoms with Crippen LogP contribution in [0.25, 0.3) is 32.9 Å². The Morgan fingerprint density at radius 1 is 1.00 bits per heavy atom. The van der Waals surface area contributed by atoms with Crippen LogP contribution in [0.5, 0.6) is 0 Å². The van der Waals surface area contributed by atoms with E-state index in [0.717, 1.165) is 32.9 Å². The Kier molecular flexibility index (Phi) is 4.37. The number of nitrogens with zero attached hydrogens (tertiary/aromatic N) is 3. The molecule has 0 aliphatic carbocycles. The molecule has 5 nitrogen and oxygen atoms in total. The summed E-state index contributed by atoms with van der Waals surface area (Å²) < 4.78 is 0. The molecule has 0 aliphatic heterocycles. The van der Waals surface area contributed by atoms with Crippen LogP contribution in [0.1, 0.15) is 0 Å². The van der Waals surface area contributed by atoms with Gasteiger partial charge < -0.3 is 10.4 Å². The van der Waals surface area contributed by atoms with E-state index in [1.54, 1.807) is 17.5 Å². The lowest BCUT2D eigenvalue weighted by molar-refractivity contribution is 0.311. The maximum Gasteiger partial charge on any atom is 0.181 e. The van der Waals surface area contributed by atoms with Crippen LogP contribution in [-0.2, 0) is 0 Å². The monoisotopic (exact) mass is 348 g/mol. The largest absolute Gasteiger partial charge is 0.395 e. The van der Waals surface area contributed by atoms with Crippen molar-refractivity contribution in [1.82, 2.24) is 15.0 Å². The zero-order valence-corrected chi connectivity index (χ0v) is 14.2. The number of pyridine rings is 1. The number of aliphatic hydroxyl groups excluding tert-OH is 1. The number of hydrogen-bond donors (Lipinski definition) is 2. The van der Waals surface area contributed by atoms with Gasteiger partial charge in [0.15, 0.2) is 5.82 Å². The minimum Gasteiger partial charge on any atom is -0.395 e. The Hall–Kier alpha value is -2.83. The first kappa shape index (κ1) is 15.7. The molecule has 0 aliphatic rings. The van der Waals surface area contributed by atoms with Gasteiger partial charge in [-0.25, -0.2) is 9.97 Å². The minimum atomic E-state index is 0.0369. The second-order valence-electron chi connectivity index (χ2n) is 5.46. The zero-order chi connectivity index (χ0) is 17.1. The molecule has 0 radical (unpaired) electrons. The Labute approximate surface area is 149 Å². The molecule has 4 rings (SSSR count). The normalized spacial score (nSPS) is 10.9. The fourth-order valence-corrected chi connectivity index (χ4v) is 3.63. The van der Waals surface area contributed by atoms with Gasteiger partial charge in [0, 0.05) is 23.7 Å². The summed E-state index contributed by atoms with van der Waals surface area (Å²) in [4.78, 5) is 14.6. The summed E-state index contributed by atoms with van der Waals surface area (Å²) in [5.41, 5.74) is 2.94. The molecule has 25 heavy (non-hydrogen) atoms. The fourth-order valence-electron chi connectivity index (χ4n) is 2.68. The predicted molar refractivity (Wildman–Crippen MR) is 102 cm³/mol. The first-order valence-electron chi connectivity index (χ1n) is 7.97. The van der Waals surface area contributed by atoms with Gasteiger partial charge in [0.25, 0.3) is 0 Å². The summed E-state index contributed by atoms with van der Waals surface area (Å²) in [6, 6.07) is 15.9. The van der Waals surface area contributed by atoms with Gasteiger partial charge in [-0.3, -0.25) is 4.98 Å². The smallest absolute Gasteiger partial charge is 0.181 e. The van der Waals surface area contributed by atoms with Gasteiger partial charge in [0.1, 0.15) is 16.3 Å². The van der Waals surface area contributed by atoms with Crippen LogP contribution >= 0.6 is 11.3 Å². The standard InChI is InChI=1S/C19H16N4OS/c24-11-10-21-18-16-14(13-6-2-1-3-7-13)12-25-19(16)23-17(22-18)15-8-4-5-9-20-15/h1-9,12,24H,10-11H2,(H,21,22,23). The SMILES string of the molecule is OCCNc1nc(-c2ccccn2)nc2scc(-c3ccccc3)c12. The second-order valence-corrected chi connectivity index (χ2v) is 6.31. The summed E-state index contributed by atoms with van der Waals surface area (Å²) in [7, 11) is 0. The van der Waals surface area contributed by atoms with Gasteiger partial charge in [0.2, 0.25) is 0 Å². The highest BCUT2D eigenvalue weighted by atomic mass is 32.1. The van der Waals surface area contributed by atoms with E-state index in [2.05, 4.69) is 32.8 Å². The van der Waals surface area contributed by atoms with Crippen molar-refractivity contribution in [2.24, 2.45) is 0 Å². The predicted octanol–water partition coefficient (Wildman–Crippen LogP) is 3.82. The summed E-state index contributed by atoms with van der Waals surface area (Å²) in [5.74, 6) is 1.30. The van der Waals surface area contributed by atoms with E-state index in [-0.39, 0.29) is 6.61 Å². The lowest BCUT2D eigenvalue weighted by Gasteiger charge is -2.09. The number of rotatable bonds is 5. The highest BCUT2D eigenvalue weighted by Gasteiger charge is 2.16. The molecule has 4 aromatic rings. The average molecular weight is 348 g/mol. The van der Waals surface area contributed by atoms with E-state index in [1.165, 1.54) is 0 Å². The summed E-state index contributed by atoms with van der Waals surface area (Å²) in [6.07, 6.45) is 1.73. The lowest BCUT2D eigenvalue weighted by Crippen LogP contribution is -2.08. The summed E-state index contributed by atoms with van der Waals surface area (Å²) in [5, 5.41) is 15.5. The van der Waals surface area contributed by atoms with Crippen molar-refractivity contribution in [2.75, 3.05) is 18.5 Å². The molecule has 0 atom stereocenters. The van der Waals surface area contributed by atoms with Gasteiger partial charge in [-0.05, 0) is 17.7 Å². The van der Waals surface area contributed by atoms with Crippen LogP contribution in [-0.4, -0.2) is 33.2 Å². The maximum atomic E-state index is 9.21. The molecule has 0 unspecified atom stereocenters. The molecule has 0 saturated heterocycles. The van der Waals surface area contributed by atoms with Gasteiger partial charge >= 0.3 is 0 Å². The molecule has 0 saturated carbocycles. The topological polar surface area (TPSA) is 70.9 Å². The van der Waals surface area contributed by atoms with Crippen molar-refractivity contribution in [1.29, 1.82) is 0 Å². The minimum absolute atomic E-state index is 0.0369. The van der Waals surface area contributed by atoms with E-state index in [1.807, 2.05) is 36.4 Å². The molecular formula is C19H16N4OS. The third-order valence-corrected chi connectivity index (χ3v) is 4.69. The van der Waals surface area contributed by atoms with Crippen LogP contribution in [0.2, 0.25) is 0 Å². The van der Waals surface area contributed by atoms with Crippen LogP contribution in [0.15, 0.2) is 60.1 Å². The highest BCUT2D eigenvalue weighted by molar-refractivity contribution is 7.17. The first-order valence-corrected chi connectivity index (χ1v) is 8.85. The average Bonchev–Trinajstić information content (AvgIpc) is 3.11. The number of aromatic nitrogens is 3. The van der Waals surface area contributed by atoms with E-state index in [0.29, 0.717) is 12.4 Å². The van der Waals surface area contributed by atoms with Crippen molar-refractivity contribution in [3.05, 3.63) is 60.1 Å². The first-order chi connectivity index (χ1) is 12.4. The third-order valence-electron chi connectivity index (χ3n) is 3.82. The molecule has 0 fully saturated rings. The maximum absolute atomic E-state index is 9.21. The van der Waals surface area contributed by atoms with E-state index < -0.39 is 0 Å². The molecule has 0 spiro atoms. The molecule has 124 valence electrons. The van der Waals surface area contributed by atoms with Crippen LogP contribution in [0, 0.1) is 0 Å². The van der Waals surface area contributed by atoms with E-state index in [4.69, 9.17) is 4.98 Å². The zero-order valence-electron chi connectivity index (χ0n) is 13.4. The van der Waals surface area contributed by atoms with Gasteiger partial charge in [-0.1, -0.05) is 36.4 Å². The lowest BCUT2D eigenvalue weighted by atomic mass is 10.1. The highest BCUT2D eigenvalue weighted by Crippen LogP contribution is 2.37. The second kappa shape index (κ2) is 6.96. The van der Waals surface area contributed by atoms with Crippen LogP contribution in [0.4, 0.5) is 5.82 Å². The van der Waals surface area contributed by atoms with Crippen molar-refractivity contribution in [2.45, 2.75) is 0 Å². The Morgan fingerprint density at radius 3 is 2.60 bits per heavy atom. The molecule has 6 heteroatoms. The summed E-state index contributed by atoms with van der Waals surface area (Å²) >= 11 is 1.58. The summed E-state index contributed by atoms with van der Waals surface area (Å²) in [6.45, 7) is 0.465. The number of fused-ring (bicyclic) bond motifs is 1. The number of anilines is 1. The molecular weight excluding hydrogens is 332 g/mol. The Bertz CT molecular complexity index is 986. The molecule has 0 bridgehead atoms. The van der Waals surface area contributed by atoms with Crippen LogP contribution < -0.4 is 5.32 Å². The van der Waals surface area contributed by atoms with Crippen molar-refractivity contribution in [3.63, 3.8) is 0 Å². The number of thiophene rings is 1. The number of benzene rings is 1. The molecule has 2 N–H and O–H groups in total. The van der Waals surface area contributed by atoms with Crippen molar-refractivity contribution < 1.29 is 5.11 Å². The van der Waals surface area contributed by atoms with E-state index >= 15 is 0 Å².